The molecule has 5 rings (SSSR count). The lowest BCUT2D eigenvalue weighted by molar-refractivity contribution is 0.396. The summed E-state index contributed by atoms with van der Waals surface area (Å²) in [4.78, 5) is 9.07. The fourth-order valence-corrected chi connectivity index (χ4v) is 4.30. The molecule has 0 spiro atoms. The van der Waals surface area contributed by atoms with E-state index >= 15 is 0 Å². The third kappa shape index (κ3) is 3.70. The van der Waals surface area contributed by atoms with Gasteiger partial charge < -0.3 is 14.6 Å². The summed E-state index contributed by atoms with van der Waals surface area (Å²) >= 11 is 0. The van der Waals surface area contributed by atoms with Crippen LogP contribution in [0.15, 0.2) is 55.0 Å². The summed E-state index contributed by atoms with van der Waals surface area (Å²) in [7, 11) is 1.63. The number of aryl methyl sites for hydroxylation is 1. The Bertz CT molecular complexity index is 1250. The Morgan fingerprint density at radius 3 is 2.59 bits per heavy atom. The number of methoxy groups -OCH3 is 1. The SMILES string of the molecule is COc1nc(-c2nnc(N[C@@H](C)c3ccccc3)c3c2CCC3)ccc1-n1cnc(C)c1. The molecule has 32 heavy (non-hydrogen) atoms. The Kier molecular flexibility index (Phi) is 5.31. The highest BCUT2D eigenvalue weighted by Gasteiger charge is 2.24. The summed E-state index contributed by atoms with van der Waals surface area (Å²) in [5, 5.41) is 12.7. The van der Waals surface area contributed by atoms with Crippen LogP contribution < -0.4 is 10.1 Å². The van der Waals surface area contributed by atoms with Crippen molar-refractivity contribution in [1.29, 1.82) is 0 Å². The molecule has 0 amide bonds. The number of ether oxygens (including phenoxy) is 1. The minimum Gasteiger partial charge on any atom is -0.479 e. The van der Waals surface area contributed by atoms with Gasteiger partial charge in [-0.25, -0.2) is 9.97 Å². The van der Waals surface area contributed by atoms with Gasteiger partial charge in [-0.3, -0.25) is 0 Å². The average molecular weight is 427 g/mol. The molecule has 3 aromatic heterocycles. The molecule has 1 aliphatic rings. The van der Waals surface area contributed by atoms with Crippen LogP contribution in [0.2, 0.25) is 0 Å². The first kappa shape index (κ1) is 20.2. The molecule has 0 saturated heterocycles. The zero-order chi connectivity index (χ0) is 22.1. The van der Waals surface area contributed by atoms with E-state index < -0.39 is 0 Å². The van der Waals surface area contributed by atoms with Gasteiger partial charge in [0.05, 0.1) is 30.9 Å². The second-order valence-corrected chi connectivity index (χ2v) is 8.13. The fourth-order valence-electron chi connectivity index (χ4n) is 4.30. The smallest absolute Gasteiger partial charge is 0.238 e. The number of benzene rings is 1. The highest BCUT2D eigenvalue weighted by molar-refractivity contribution is 5.67. The standard InChI is InChI=1S/C25H26N6O/c1-16-14-31(15-26-16)22-13-12-21(28-25(22)32-3)23-19-10-7-11-20(19)24(30-29-23)27-17(2)18-8-5-4-6-9-18/h4-6,8-9,12-15,17H,7,10-11H2,1-3H3,(H,27,30)/t17-/m0/s1. The summed E-state index contributed by atoms with van der Waals surface area (Å²) in [6.45, 7) is 4.10. The van der Waals surface area contributed by atoms with Crippen molar-refractivity contribution < 1.29 is 4.74 Å². The zero-order valence-electron chi connectivity index (χ0n) is 18.5. The van der Waals surface area contributed by atoms with Gasteiger partial charge in [-0.15, -0.1) is 10.2 Å². The molecule has 0 unspecified atom stereocenters. The van der Waals surface area contributed by atoms with Crippen molar-refractivity contribution >= 4 is 5.82 Å². The van der Waals surface area contributed by atoms with Crippen LogP contribution >= 0.6 is 0 Å². The Labute approximate surface area is 187 Å². The number of aromatic nitrogens is 5. The van der Waals surface area contributed by atoms with Crippen LogP contribution in [0, 0.1) is 6.92 Å². The summed E-state index contributed by atoms with van der Waals surface area (Å²) in [5.74, 6) is 1.41. The lowest BCUT2D eigenvalue weighted by Gasteiger charge is -2.18. The normalized spacial score (nSPS) is 13.6. The molecule has 4 aromatic rings. The van der Waals surface area contributed by atoms with E-state index in [2.05, 4.69) is 51.7 Å². The maximum absolute atomic E-state index is 5.60. The molecule has 7 heteroatoms. The van der Waals surface area contributed by atoms with Gasteiger partial charge in [0, 0.05) is 11.8 Å². The molecule has 0 radical (unpaired) electrons. The van der Waals surface area contributed by atoms with Crippen molar-refractivity contribution in [2.24, 2.45) is 0 Å². The van der Waals surface area contributed by atoms with E-state index in [1.807, 2.05) is 35.9 Å². The van der Waals surface area contributed by atoms with Crippen LogP contribution in [-0.4, -0.2) is 31.8 Å². The Morgan fingerprint density at radius 1 is 1.03 bits per heavy atom. The molecular formula is C25H26N6O. The van der Waals surface area contributed by atoms with Crippen LogP contribution in [0.3, 0.4) is 0 Å². The summed E-state index contributed by atoms with van der Waals surface area (Å²) in [5.41, 5.74) is 7.08. The van der Waals surface area contributed by atoms with Crippen molar-refractivity contribution in [1.82, 2.24) is 24.7 Å². The Morgan fingerprint density at radius 2 is 1.84 bits per heavy atom. The maximum Gasteiger partial charge on any atom is 0.238 e. The predicted molar refractivity (Wildman–Crippen MR) is 124 cm³/mol. The number of rotatable bonds is 6. The molecular weight excluding hydrogens is 400 g/mol. The highest BCUT2D eigenvalue weighted by atomic mass is 16.5. The van der Waals surface area contributed by atoms with E-state index in [9.17, 15) is 0 Å². The van der Waals surface area contributed by atoms with Gasteiger partial charge in [-0.1, -0.05) is 30.3 Å². The van der Waals surface area contributed by atoms with E-state index in [0.717, 1.165) is 47.8 Å². The second kappa shape index (κ2) is 8.42. The van der Waals surface area contributed by atoms with Crippen LogP contribution in [-0.2, 0) is 12.8 Å². The van der Waals surface area contributed by atoms with Crippen LogP contribution in [0.5, 0.6) is 5.88 Å². The number of anilines is 1. The molecule has 1 aromatic carbocycles. The van der Waals surface area contributed by atoms with Crippen molar-refractivity contribution in [2.45, 2.75) is 39.2 Å². The van der Waals surface area contributed by atoms with Gasteiger partial charge >= 0.3 is 0 Å². The lowest BCUT2D eigenvalue weighted by atomic mass is 10.1. The highest BCUT2D eigenvalue weighted by Crippen LogP contribution is 2.35. The first-order valence-electron chi connectivity index (χ1n) is 10.9. The molecule has 1 aliphatic carbocycles. The van der Waals surface area contributed by atoms with Crippen LogP contribution in [0.25, 0.3) is 17.1 Å². The maximum atomic E-state index is 5.60. The molecule has 162 valence electrons. The zero-order valence-corrected chi connectivity index (χ0v) is 18.5. The molecule has 0 fully saturated rings. The van der Waals surface area contributed by atoms with E-state index in [4.69, 9.17) is 9.72 Å². The monoisotopic (exact) mass is 426 g/mol. The molecule has 3 heterocycles. The van der Waals surface area contributed by atoms with E-state index in [1.54, 1.807) is 13.4 Å². The lowest BCUT2D eigenvalue weighted by Crippen LogP contribution is -2.12. The minimum absolute atomic E-state index is 0.150. The van der Waals surface area contributed by atoms with Gasteiger partial charge in [-0.2, -0.15) is 0 Å². The minimum atomic E-state index is 0.150. The van der Waals surface area contributed by atoms with Crippen molar-refractivity contribution in [3.8, 4) is 23.0 Å². The molecule has 0 saturated carbocycles. The van der Waals surface area contributed by atoms with Gasteiger partial charge in [0.25, 0.3) is 0 Å². The summed E-state index contributed by atoms with van der Waals surface area (Å²) in [6.07, 6.45) is 6.77. The number of pyridine rings is 1. The first-order valence-corrected chi connectivity index (χ1v) is 10.9. The number of imidazole rings is 1. The van der Waals surface area contributed by atoms with Crippen molar-refractivity contribution in [3.63, 3.8) is 0 Å². The average Bonchev–Trinajstić information content (AvgIpc) is 3.49. The predicted octanol–water partition coefficient (Wildman–Crippen LogP) is 4.70. The number of hydrogen-bond donors (Lipinski definition) is 1. The number of fused-ring (bicyclic) bond motifs is 1. The molecule has 0 aliphatic heterocycles. The fraction of sp³-hybridized carbons (Fsp3) is 0.280. The third-order valence-electron chi connectivity index (χ3n) is 5.96. The summed E-state index contributed by atoms with van der Waals surface area (Å²) < 4.78 is 7.51. The van der Waals surface area contributed by atoms with Crippen molar-refractivity contribution in [2.75, 3.05) is 12.4 Å². The van der Waals surface area contributed by atoms with Gasteiger partial charge in [-0.05, 0) is 56.4 Å². The van der Waals surface area contributed by atoms with Gasteiger partial charge in [0.1, 0.15) is 11.4 Å². The molecule has 1 atom stereocenters. The topological polar surface area (TPSA) is 77.8 Å². The number of nitrogens with zero attached hydrogens (tertiary/aromatic N) is 5. The quantitative estimate of drug-likeness (QED) is 0.481. The van der Waals surface area contributed by atoms with Gasteiger partial charge in [0.15, 0.2) is 5.82 Å². The Balaban J connectivity index is 1.49. The van der Waals surface area contributed by atoms with Crippen molar-refractivity contribution in [3.05, 3.63) is 77.4 Å². The third-order valence-corrected chi connectivity index (χ3v) is 5.96. The Hall–Kier alpha value is -3.74. The summed E-state index contributed by atoms with van der Waals surface area (Å²) in [6, 6.07) is 14.5. The molecule has 7 nitrogen and oxygen atoms in total. The van der Waals surface area contributed by atoms with Crippen LogP contribution in [0.4, 0.5) is 5.82 Å². The molecule has 1 N–H and O–H groups in total. The number of hydrogen-bond acceptors (Lipinski definition) is 6. The van der Waals surface area contributed by atoms with E-state index in [1.165, 1.54) is 16.7 Å². The molecule has 0 bridgehead atoms. The van der Waals surface area contributed by atoms with E-state index in [-0.39, 0.29) is 6.04 Å². The van der Waals surface area contributed by atoms with Crippen LogP contribution in [0.1, 0.15) is 41.8 Å². The second-order valence-electron chi connectivity index (χ2n) is 8.13. The first-order chi connectivity index (χ1) is 15.6. The largest absolute Gasteiger partial charge is 0.479 e. The number of nitrogens with one attached hydrogen (secondary N) is 1. The van der Waals surface area contributed by atoms with E-state index in [0.29, 0.717) is 5.88 Å². The van der Waals surface area contributed by atoms with Gasteiger partial charge in [0.2, 0.25) is 5.88 Å².